The number of hydrogen-bond donors (Lipinski definition) is 1. The fourth-order valence-corrected chi connectivity index (χ4v) is 2.26. The van der Waals surface area contributed by atoms with E-state index in [1.165, 1.54) is 6.07 Å². The maximum Gasteiger partial charge on any atom is 0.147 e. The van der Waals surface area contributed by atoms with Gasteiger partial charge in [-0.1, -0.05) is 12.1 Å². The highest BCUT2D eigenvalue weighted by atomic mass is 19.1. The number of rotatable bonds is 2. The van der Waals surface area contributed by atoms with E-state index in [0.717, 1.165) is 43.9 Å². The van der Waals surface area contributed by atoms with Gasteiger partial charge in [0.25, 0.3) is 0 Å². The first-order valence-electron chi connectivity index (χ1n) is 5.89. The van der Waals surface area contributed by atoms with E-state index in [0.29, 0.717) is 5.52 Å². The Morgan fingerprint density at radius 3 is 2.88 bits per heavy atom. The van der Waals surface area contributed by atoms with Crippen LogP contribution in [-0.2, 0) is 11.3 Å². The van der Waals surface area contributed by atoms with Crippen LogP contribution in [0.4, 0.5) is 4.39 Å². The van der Waals surface area contributed by atoms with E-state index in [1.807, 2.05) is 12.1 Å². The first kappa shape index (κ1) is 10.7. The molecule has 0 amide bonds. The summed E-state index contributed by atoms with van der Waals surface area (Å²) in [6.07, 6.45) is 0. The van der Waals surface area contributed by atoms with E-state index in [4.69, 9.17) is 4.74 Å². The van der Waals surface area contributed by atoms with E-state index in [1.54, 1.807) is 6.07 Å². The fraction of sp³-hybridized carbons (Fsp3) is 0.385. The van der Waals surface area contributed by atoms with Gasteiger partial charge < -0.3 is 9.72 Å². The van der Waals surface area contributed by atoms with E-state index in [2.05, 4.69) is 9.88 Å². The van der Waals surface area contributed by atoms with E-state index in [9.17, 15) is 4.39 Å². The summed E-state index contributed by atoms with van der Waals surface area (Å²) in [5.74, 6) is -0.185. The van der Waals surface area contributed by atoms with Crippen LogP contribution < -0.4 is 0 Å². The number of nitrogens with one attached hydrogen (secondary N) is 1. The van der Waals surface area contributed by atoms with E-state index in [-0.39, 0.29) is 5.82 Å². The molecule has 90 valence electrons. The highest BCUT2D eigenvalue weighted by Crippen LogP contribution is 2.19. The second-order valence-electron chi connectivity index (χ2n) is 4.39. The van der Waals surface area contributed by atoms with Crippen molar-refractivity contribution in [2.45, 2.75) is 6.54 Å². The number of para-hydroxylation sites is 1. The summed E-state index contributed by atoms with van der Waals surface area (Å²) in [7, 11) is 0. The minimum atomic E-state index is -0.185. The largest absolute Gasteiger partial charge is 0.379 e. The lowest BCUT2D eigenvalue weighted by Gasteiger charge is -2.25. The third kappa shape index (κ3) is 2.18. The van der Waals surface area contributed by atoms with Gasteiger partial charge in [0.2, 0.25) is 0 Å². The number of fused-ring (bicyclic) bond motifs is 1. The molecule has 3 nitrogen and oxygen atoms in total. The Morgan fingerprint density at radius 1 is 1.29 bits per heavy atom. The normalized spacial score (nSPS) is 17.7. The molecule has 0 bridgehead atoms. The number of halogens is 1. The monoisotopic (exact) mass is 234 g/mol. The van der Waals surface area contributed by atoms with Crippen molar-refractivity contribution in [3.8, 4) is 0 Å². The lowest BCUT2D eigenvalue weighted by Crippen LogP contribution is -2.35. The number of morpholine rings is 1. The second kappa shape index (κ2) is 4.47. The predicted octanol–water partition coefficient (Wildman–Crippen LogP) is 2.14. The molecule has 2 aromatic rings. The standard InChI is InChI=1S/C13H15FN2O/c14-12-3-1-2-10-8-11(15-13(10)12)9-16-4-6-17-7-5-16/h1-3,8,15H,4-7,9H2. The molecule has 0 unspecified atom stereocenters. The van der Waals surface area contributed by atoms with Crippen LogP contribution in [0, 0.1) is 5.82 Å². The summed E-state index contributed by atoms with van der Waals surface area (Å²) in [6.45, 7) is 4.29. The Hall–Kier alpha value is -1.39. The van der Waals surface area contributed by atoms with Gasteiger partial charge in [0, 0.05) is 30.7 Å². The molecule has 0 saturated carbocycles. The van der Waals surface area contributed by atoms with Crippen LogP contribution in [0.5, 0.6) is 0 Å². The molecule has 0 spiro atoms. The molecule has 1 fully saturated rings. The minimum absolute atomic E-state index is 0.185. The number of nitrogens with zero attached hydrogens (tertiary/aromatic N) is 1. The molecule has 2 heterocycles. The zero-order valence-electron chi connectivity index (χ0n) is 9.58. The van der Waals surface area contributed by atoms with Gasteiger partial charge >= 0.3 is 0 Å². The highest BCUT2D eigenvalue weighted by Gasteiger charge is 2.12. The smallest absolute Gasteiger partial charge is 0.147 e. The molecule has 17 heavy (non-hydrogen) atoms. The molecule has 0 radical (unpaired) electrons. The van der Waals surface area contributed by atoms with E-state index >= 15 is 0 Å². The molecule has 1 N–H and O–H groups in total. The Balaban J connectivity index is 1.83. The molecular weight excluding hydrogens is 219 g/mol. The average Bonchev–Trinajstić information content (AvgIpc) is 2.74. The number of aromatic amines is 1. The summed E-state index contributed by atoms with van der Waals surface area (Å²) in [4.78, 5) is 5.47. The number of hydrogen-bond acceptors (Lipinski definition) is 2. The summed E-state index contributed by atoms with van der Waals surface area (Å²) in [6, 6.07) is 7.17. The van der Waals surface area contributed by atoms with Gasteiger partial charge in [-0.05, 0) is 12.1 Å². The van der Waals surface area contributed by atoms with Crippen molar-refractivity contribution in [3.63, 3.8) is 0 Å². The molecule has 4 heteroatoms. The lowest BCUT2D eigenvalue weighted by atomic mass is 10.2. The van der Waals surface area contributed by atoms with Gasteiger partial charge in [-0.2, -0.15) is 0 Å². The van der Waals surface area contributed by atoms with Crippen LogP contribution in [0.2, 0.25) is 0 Å². The van der Waals surface area contributed by atoms with Crippen molar-refractivity contribution < 1.29 is 9.13 Å². The van der Waals surface area contributed by atoms with Crippen molar-refractivity contribution in [3.05, 3.63) is 35.8 Å². The predicted molar refractivity (Wildman–Crippen MR) is 64.4 cm³/mol. The van der Waals surface area contributed by atoms with Crippen molar-refractivity contribution in [1.82, 2.24) is 9.88 Å². The molecular formula is C13H15FN2O. The molecule has 1 aliphatic heterocycles. The third-order valence-corrected chi connectivity index (χ3v) is 3.16. The number of H-pyrrole nitrogens is 1. The third-order valence-electron chi connectivity index (χ3n) is 3.16. The molecule has 0 atom stereocenters. The second-order valence-corrected chi connectivity index (χ2v) is 4.39. The van der Waals surface area contributed by atoms with Gasteiger partial charge in [0.15, 0.2) is 0 Å². The first-order chi connectivity index (χ1) is 8.33. The molecule has 3 rings (SSSR count). The quantitative estimate of drug-likeness (QED) is 0.862. The van der Waals surface area contributed by atoms with E-state index < -0.39 is 0 Å². The van der Waals surface area contributed by atoms with Crippen molar-refractivity contribution in [2.75, 3.05) is 26.3 Å². The first-order valence-corrected chi connectivity index (χ1v) is 5.89. The van der Waals surface area contributed by atoms with Gasteiger partial charge in [-0.3, -0.25) is 4.90 Å². The van der Waals surface area contributed by atoms with Gasteiger partial charge in [0.1, 0.15) is 5.82 Å². The Labute approximate surface area is 99.2 Å². The zero-order chi connectivity index (χ0) is 11.7. The summed E-state index contributed by atoms with van der Waals surface area (Å²) >= 11 is 0. The minimum Gasteiger partial charge on any atom is -0.379 e. The number of benzene rings is 1. The number of ether oxygens (including phenoxy) is 1. The maximum absolute atomic E-state index is 13.5. The molecule has 0 aliphatic carbocycles. The number of aromatic nitrogens is 1. The summed E-state index contributed by atoms with van der Waals surface area (Å²) in [5.41, 5.74) is 1.67. The molecule has 1 saturated heterocycles. The molecule has 1 aliphatic rings. The van der Waals surface area contributed by atoms with Crippen LogP contribution in [0.1, 0.15) is 5.69 Å². The van der Waals surface area contributed by atoms with Crippen LogP contribution in [0.15, 0.2) is 24.3 Å². The van der Waals surface area contributed by atoms with Crippen LogP contribution >= 0.6 is 0 Å². The van der Waals surface area contributed by atoms with Gasteiger partial charge in [-0.15, -0.1) is 0 Å². The van der Waals surface area contributed by atoms with Crippen LogP contribution in [-0.4, -0.2) is 36.2 Å². The van der Waals surface area contributed by atoms with Gasteiger partial charge in [-0.25, -0.2) is 4.39 Å². The van der Waals surface area contributed by atoms with Crippen molar-refractivity contribution in [2.24, 2.45) is 0 Å². The summed E-state index contributed by atoms with van der Waals surface area (Å²) in [5, 5.41) is 0.938. The van der Waals surface area contributed by atoms with Crippen molar-refractivity contribution >= 4 is 10.9 Å². The van der Waals surface area contributed by atoms with Crippen LogP contribution in [0.25, 0.3) is 10.9 Å². The Kier molecular flexibility index (Phi) is 2.82. The zero-order valence-corrected chi connectivity index (χ0v) is 9.58. The Bertz CT molecular complexity index is 517. The fourth-order valence-electron chi connectivity index (χ4n) is 2.26. The van der Waals surface area contributed by atoms with Gasteiger partial charge in [0.05, 0.1) is 18.7 Å². The van der Waals surface area contributed by atoms with Crippen molar-refractivity contribution in [1.29, 1.82) is 0 Å². The lowest BCUT2D eigenvalue weighted by molar-refractivity contribution is 0.0337. The molecule has 1 aromatic heterocycles. The van der Waals surface area contributed by atoms with Crippen LogP contribution in [0.3, 0.4) is 0 Å². The molecule has 1 aromatic carbocycles. The highest BCUT2D eigenvalue weighted by molar-refractivity contribution is 5.80. The topological polar surface area (TPSA) is 28.3 Å². The summed E-state index contributed by atoms with van der Waals surface area (Å²) < 4.78 is 18.8. The SMILES string of the molecule is Fc1cccc2cc(CN3CCOCC3)[nH]c12. The average molecular weight is 234 g/mol. The Morgan fingerprint density at radius 2 is 2.12 bits per heavy atom. The maximum atomic E-state index is 13.5.